The molecule has 4 rings (SSSR count). The molecule has 0 radical (unpaired) electrons. The highest BCUT2D eigenvalue weighted by Crippen LogP contribution is 2.33. The van der Waals surface area contributed by atoms with Crippen molar-refractivity contribution in [3.63, 3.8) is 0 Å². The number of hydrogen-bond donors (Lipinski definition) is 1. The first-order chi connectivity index (χ1) is 16.1. The number of alkyl halides is 3. The molecule has 5 nitrogen and oxygen atoms in total. The van der Waals surface area contributed by atoms with Crippen molar-refractivity contribution in [1.29, 1.82) is 0 Å². The van der Waals surface area contributed by atoms with Gasteiger partial charge in [0.1, 0.15) is 5.75 Å². The molecular weight excluding hydrogens is 465 g/mol. The summed E-state index contributed by atoms with van der Waals surface area (Å²) in [6.45, 7) is 3.42. The van der Waals surface area contributed by atoms with E-state index in [1.807, 2.05) is 44.2 Å². The van der Waals surface area contributed by atoms with Crippen LogP contribution in [-0.2, 0) is 16.7 Å². The van der Waals surface area contributed by atoms with Gasteiger partial charge in [0, 0.05) is 16.0 Å². The lowest BCUT2D eigenvalue weighted by Crippen LogP contribution is -2.09. The number of carbonyl (C=O) groups is 1. The van der Waals surface area contributed by atoms with E-state index in [0.717, 1.165) is 44.8 Å². The highest BCUT2D eigenvalue weighted by molar-refractivity contribution is 7.98. The van der Waals surface area contributed by atoms with E-state index in [4.69, 9.17) is 14.9 Å². The van der Waals surface area contributed by atoms with Gasteiger partial charge in [-0.25, -0.2) is 9.48 Å². The van der Waals surface area contributed by atoms with E-state index in [1.54, 1.807) is 22.5 Å². The smallest absolute Gasteiger partial charge is 0.416 e. The molecule has 0 spiro atoms. The summed E-state index contributed by atoms with van der Waals surface area (Å²) in [5.41, 5.74) is 3.35. The fraction of sp³-hybridized carbons (Fsp3) is 0.200. The van der Waals surface area contributed by atoms with Gasteiger partial charge in [-0.2, -0.15) is 18.3 Å². The minimum absolute atomic E-state index is 0.403. The van der Waals surface area contributed by atoms with Gasteiger partial charge in [0.15, 0.2) is 6.61 Å². The fourth-order valence-corrected chi connectivity index (χ4v) is 4.50. The molecule has 0 saturated carbocycles. The third-order valence-electron chi connectivity index (χ3n) is 5.22. The standard InChI is InChI=1S/C25H21F3N2O3S/c1-15-3-9-22-20(11-15)21(29-30(22)18-6-4-17(5-7-18)25(26,27)28)14-34-19-8-10-23(16(2)12-19)33-13-24(31)32/h3-12H,13-14H2,1-2H3,(H,31,32). The number of hydrogen-bond acceptors (Lipinski definition) is 4. The molecule has 0 aliphatic heterocycles. The third kappa shape index (κ3) is 5.20. The van der Waals surface area contributed by atoms with Crippen molar-refractivity contribution < 1.29 is 27.8 Å². The van der Waals surface area contributed by atoms with Crippen molar-refractivity contribution >= 4 is 28.6 Å². The van der Waals surface area contributed by atoms with Crippen molar-refractivity contribution in [2.24, 2.45) is 0 Å². The highest BCUT2D eigenvalue weighted by Gasteiger charge is 2.30. The van der Waals surface area contributed by atoms with Gasteiger partial charge in [0.25, 0.3) is 0 Å². The lowest BCUT2D eigenvalue weighted by atomic mass is 10.1. The van der Waals surface area contributed by atoms with Crippen molar-refractivity contribution in [3.05, 3.63) is 83.0 Å². The maximum absolute atomic E-state index is 13.0. The zero-order valence-electron chi connectivity index (χ0n) is 18.4. The van der Waals surface area contributed by atoms with Crippen LogP contribution in [0.15, 0.2) is 65.6 Å². The number of aliphatic carboxylic acids is 1. The van der Waals surface area contributed by atoms with E-state index in [1.165, 1.54) is 12.1 Å². The van der Waals surface area contributed by atoms with Gasteiger partial charge < -0.3 is 9.84 Å². The van der Waals surface area contributed by atoms with E-state index < -0.39 is 24.3 Å². The molecule has 0 aliphatic carbocycles. The Kier molecular flexibility index (Phi) is 6.56. The summed E-state index contributed by atoms with van der Waals surface area (Å²) >= 11 is 1.56. The molecule has 9 heteroatoms. The Morgan fingerprint density at radius 2 is 1.79 bits per heavy atom. The summed E-state index contributed by atoms with van der Waals surface area (Å²) in [5.74, 6) is 0.0191. The minimum atomic E-state index is -4.39. The topological polar surface area (TPSA) is 64.3 Å². The van der Waals surface area contributed by atoms with Crippen LogP contribution in [0.1, 0.15) is 22.4 Å². The van der Waals surface area contributed by atoms with Crippen LogP contribution >= 0.6 is 11.8 Å². The number of ether oxygens (including phenoxy) is 1. The summed E-state index contributed by atoms with van der Waals surface area (Å²) in [6, 6.07) is 16.4. The Morgan fingerprint density at radius 1 is 1.06 bits per heavy atom. The van der Waals surface area contributed by atoms with Crippen LogP contribution in [0.3, 0.4) is 0 Å². The van der Waals surface area contributed by atoms with Crippen LogP contribution < -0.4 is 4.74 Å². The molecular formula is C25H21F3N2O3S. The van der Waals surface area contributed by atoms with E-state index in [-0.39, 0.29) is 0 Å². The highest BCUT2D eigenvalue weighted by atomic mass is 32.2. The summed E-state index contributed by atoms with van der Waals surface area (Å²) in [7, 11) is 0. The summed E-state index contributed by atoms with van der Waals surface area (Å²) in [4.78, 5) is 11.7. The Labute approximate surface area is 198 Å². The van der Waals surface area contributed by atoms with Gasteiger partial charge >= 0.3 is 12.1 Å². The van der Waals surface area contributed by atoms with E-state index in [2.05, 4.69) is 0 Å². The molecule has 0 amide bonds. The number of benzene rings is 3. The molecule has 4 aromatic rings. The number of aromatic nitrogens is 2. The first-order valence-corrected chi connectivity index (χ1v) is 11.3. The Morgan fingerprint density at radius 3 is 2.44 bits per heavy atom. The maximum atomic E-state index is 13.0. The molecule has 0 atom stereocenters. The van der Waals surface area contributed by atoms with Gasteiger partial charge in [-0.1, -0.05) is 11.6 Å². The van der Waals surface area contributed by atoms with Crippen LogP contribution in [0.5, 0.6) is 5.75 Å². The van der Waals surface area contributed by atoms with Crippen LogP contribution in [0, 0.1) is 13.8 Å². The average molecular weight is 487 g/mol. The number of thioether (sulfide) groups is 1. The molecule has 0 unspecified atom stereocenters. The molecule has 1 N–H and O–H groups in total. The first kappa shape index (κ1) is 23.7. The molecule has 3 aromatic carbocycles. The van der Waals surface area contributed by atoms with Crippen molar-refractivity contribution in [2.45, 2.75) is 30.7 Å². The molecule has 34 heavy (non-hydrogen) atoms. The zero-order valence-corrected chi connectivity index (χ0v) is 19.2. The van der Waals surface area contributed by atoms with Crippen LogP contribution in [-0.4, -0.2) is 27.5 Å². The second-order valence-corrected chi connectivity index (χ2v) is 8.87. The maximum Gasteiger partial charge on any atom is 0.416 e. The molecule has 0 fully saturated rings. The lowest BCUT2D eigenvalue weighted by Gasteiger charge is -2.09. The Balaban J connectivity index is 1.60. The number of halogens is 3. The van der Waals surface area contributed by atoms with Gasteiger partial charge in [-0.15, -0.1) is 11.8 Å². The largest absolute Gasteiger partial charge is 0.482 e. The second-order valence-electron chi connectivity index (χ2n) is 7.82. The molecule has 0 bridgehead atoms. The number of aryl methyl sites for hydroxylation is 2. The SMILES string of the molecule is Cc1ccc2c(c1)c(CSc1ccc(OCC(=O)O)c(C)c1)nn2-c1ccc(C(F)(F)F)cc1. The van der Waals surface area contributed by atoms with E-state index >= 15 is 0 Å². The number of rotatable bonds is 7. The number of nitrogens with zero attached hydrogens (tertiary/aromatic N) is 2. The quantitative estimate of drug-likeness (QED) is 0.306. The summed E-state index contributed by atoms with van der Waals surface area (Å²) < 4.78 is 45.8. The normalized spacial score (nSPS) is 11.7. The predicted octanol–water partition coefficient (Wildman–Crippen LogP) is 6.42. The van der Waals surface area contributed by atoms with Crippen molar-refractivity contribution in [3.8, 4) is 11.4 Å². The van der Waals surface area contributed by atoms with Crippen LogP contribution in [0.4, 0.5) is 13.2 Å². The third-order valence-corrected chi connectivity index (χ3v) is 6.23. The van der Waals surface area contributed by atoms with Crippen LogP contribution in [0.25, 0.3) is 16.6 Å². The second kappa shape index (κ2) is 9.42. The Hall–Kier alpha value is -3.46. The minimum Gasteiger partial charge on any atom is -0.482 e. The summed E-state index contributed by atoms with van der Waals surface area (Å²) in [5, 5.41) is 14.4. The van der Waals surface area contributed by atoms with Crippen molar-refractivity contribution in [2.75, 3.05) is 6.61 Å². The fourth-order valence-electron chi connectivity index (χ4n) is 3.55. The zero-order chi connectivity index (χ0) is 24.5. The molecule has 1 aromatic heterocycles. The molecule has 176 valence electrons. The van der Waals surface area contributed by atoms with Gasteiger partial charge in [-0.3, -0.25) is 0 Å². The molecule has 0 saturated heterocycles. The lowest BCUT2D eigenvalue weighted by molar-refractivity contribution is -0.139. The summed E-state index contributed by atoms with van der Waals surface area (Å²) in [6.07, 6.45) is -4.39. The van der Waals surface area contributed by atoms with Crippen molar-refractivity contribution in [1.82, 2.24) is 9.78 Å². The van der Waals surface area contributed by atoms with Gasteiger partial charge in [0.05, 0.1) is 22.5 Å². The van der Waals surface area contributed by atoms with E-state index in [9.17, 15) is 18.0 Å². The average Bonchev–Trinajstić information content (AvgIpc) is 3.14. The first-order valence-electron chi connectivity index (χ1n) is 10.4. The van der Waals surface area contributed by atoms with E-state index in [0.29, 0.717) is 17.2 Å². The van der Waals surface area contributed by atoms with Gasteiger partial charge in [-0.05, 0) is 74.0 Å². The number of carboxylic acids is 1. The van der Waals surface area contributed by atoms with Crippen LogP contribution in [0.2, 0.25) is 0 Å². The number of fused-ring (bicyclic) bond motifs is 1. The molecule has 0 aliphatic rings. The Bertz CT molecular complexity index is 1350. The predicted molar refractivity (Wildman–Crippen MR) is 125 cm³/mol. The van der Waals surface area contributed by atoms with Gasteiger partial charge in [0.2, 0.25) is 0 Å². The molecule has 1 heterocycles. The monoisotopic (exact) mass is 486 g/mol. The number of carboxylic acid groups (broad SMARTS) is 1.